The molecule has 0 aromatic heterocycles. The van der Waals surface area contributed by atoms with E-state index in [1.807, 2.05) is 11.8 Å². The molecule has 1 N–H and O–H groups in total. The maximum Gasteiger partial charge on any atom is 0.200 e. The molecule has 2 nitrogen and oxygen atoms in total. The van der Waals surface area contributed by atoms with Gasteiger partial charge in [0.25, 0.3) is 0 Å². The summed E-state index contributed by atoms with van der Waals surface area (Å²) in [5, 5.41) is 11.5. The number of hydrogen-bond donors (Lipinski definition) is 1. The standard InChI is InChI=1S/C15H18F2O2S/c1-19-12-6-5-11(13(16)14(12)17)15(18)7-9-3-2-4-10(8-15)20-9/h5-6,9-10,18H,2-4,7-8H2,1H3. The number of methoxy groups -OCH3 is 1. The maximum absolute atomic E-state index is 14.2. The van der Waals surface area contributed by atoms with E-state index in [2.05, 4.69) is 0 Å². The highest BCUT2D eigenvalue weighted by Crippen LogP contribution is 2.50. The number of benzene rings is 1. The highest BCUT2D eigenvalue weighted by Gasteiger charge is 2.44. The summed E-state index contributed by atoms with van der Waals surface area (Å²) >= 11 is 1.89. The van der Waals surface area contributed by atoms with Gasteiger partial charge in [-0.3, -0.25) is 0 Å². The third-order valence-corrected chi connectivity index (χ3v) is 5.91. The molecule has 2 aliphatic heterocycles. The van der Waals surface area contributed by atoms with Crippen LogP contribution in [0.2, 0.25) is 0 Å². The Morgan fingerprint density at radius 3 is 2.45 bits per heavy atom. The SMILES string of the molecule is COc1ccc(C2(O)CC3CCCC(C2)S3)c(F)c1F. The number of rotatable bonds is 2. The Hall–Kier alpha value is -0.810. The van der Waals surface area contributed by atoms with E-state index < -0.39 is 17.2 Å². The van der Waals surface area contributed by atoms with Crippen molar-refractivity contribution in [2.45, 2.75) is 48.2 Å². The van der Waals surface area contributed by atoms with Crippen molar-refractivity contribution >= 4 is 11.8 Å². The molecule has 3 rings (SSSR count). The molecule has 2 saturated heterocycles. The van der Waals surface area contributed by atoms with Gasteiger partial charge in [0.15, 0.2) is 11.6 Å². The van der Waals surface area contributed by atoms with Crippen LogP contribution in [0.25, 0.3) is 0 Å². The number of hydrogen-bond acceptors (Lipinski definition) is 3. The monoisotopic (exact) mass is 300 g/mol. The second-order valence-corrected chi connectivity index (χ2v) is 7.30. The molecule has 0 spiro atoms. The van der Waals surface area contributed by atoms with Crippen LogP contribution in [0, 0.1) is 11.6 Å². The van der Waals surface area contributed by atoms with Crippen molar-refractivity contribution in [3.8, 4) is 5.75 Å². The van der Waals surface area contributed by atoms with E-state index in [0.717, 1.165) is 19.3 Å². The highest BCUT2D eigenvalue weighted by molar-refractivity contribution is 8.00. The minimum atomic E-state index is -1.25. The van der Waals surface area contributed by atoms with E-state index in [-0.39, 0.29) is 11.3 Å². The summed E-state index contributed by atoms with van der Waals surface area (Å²) in [6, 6.07) is 2.85. The van der Waals surface area contributed by atoms with Crippen LogP contribution in [-0.4, -0.2) is 22.7 Å². The normalized spacial score (nSPS) is 33.0. The third kappa shape index (κ3) is 2.31. The van der Waals surface area contributed by atoms with Gasteiger partial charge in [-0.2, -0.15) is 16.2 Å². The van der Waals surface area contributed by atoms with E-state index in [4.69, 9.17) is 4.74 Å². The molecule has 2 atom stereocenters. The molecule has 20 heavy (non-hydrogen) atoms. The summed E-state index contributed by atoms with van der Waals surface area (Å²) in [4.78, 5) is 0. The van der Waals surface area contributed by atoms with Gasteiger partial charge in [-0.05, 0) is 37.8 Å². The Morgan fingerprint density at radius 1 is 1.20 bits per heavy atom. The first-order chi connectivity index (χ1) is 9.53. The Kier molecular flexibility index (Phi) is 3.67. The van der Waals surface area contributed by atoms with E-state index >= 15 is 0 Å². The first-order valence-corrected chi connectivity index (χ1v) is 7.88. The van der Waals surface area contributed by atoms with Crippen molar-refractivity contribution in [3.63, 3.8) is 0 Å². The van der Waals surface area contributed by atoms with Crippen molar-refractivity contribution in [1.29, 1.82) is 0 Å². The minimum Gasteiger partial charge on any atom is -0.494 e. The number of halogens is 2. The Morgan fingerprint density at radius 2 is 1.85 bits per heavy atom. The van der Waals surface area contributed by atoms with Crippen molar-refractivity contribution < 1.29 is 18.6 Å². The van der Waals surface area contributed by atoms with Gasteiger partial charge in [-0.1, -0.05) is 6.42 Å². The van der Waals surface area contributed by atoms with Gasteiger partial charge in [0.2, 0.25) is 5.82 Å². The molecular weight excluding hydrogens is 282 g/mol. The molecule has 0 aliphatic carbocycles. The second kappa shape index (κ2) is 5.19. The molecule has 0 saturated carbocycles. The summed E-state index contributed by atoms with van der Waals surface area (Å²) in [6.45, 7) is 0. The molecule has 1 aromatic carbocycles. The second-order valence-electron chi connectivity index (χ2n) is 5.69. The van der Waals surface area contributed by atoms with Crippen LogP contribution in [0.5, 0.6) is 5.75 Å². The molecule has 2 bridgehead atoms. The van der Waals surface area contributed by atoms with Crippen LogP contribution >= 0.6 is 11.8 Å². The molecule has 110 valence electrons. The van der Waals surface area contributed by atoms with Crippen molar-refractivity contribution in [3.05, 3.63) is 29.3 Å². The van der Waals surface area contributed by atoms with Gasteiger partial charge < -0.3 is 9.84 Å². The highest BCUT2D eigenvalue weighted by atomic mass is 32.2. The van der Waals surface area contributed by atoms with Gasteiger partial charge in [-0.25, -0.2) is 4.39 Å². The number of aliphatic hydroxyl groups is 1. The van der Waals surface area contributed by atoms with Crippen LogP contribution in [-0.2, 0) is 5.60 Å². The fraction of sp³-hybridized carbons (Fsp3) is 0.600. The van der Waals surface area contributed by atoms with E-state index in [1.54, 1.807) is 0 Å². The maximum atomic E-state index is 14.2. The van der Waals surface area contributed by atoms with E-state index in [9.17, 15) is 13.9 Å². The zero-order chi connectivity index (χ0) is 14.3. The Balaban J connectivity index is 1.97. The van der Waals surface area contributed by atoms with Crippen LogP contribution in [0.1, 0.15) is 37.7 Å². The molecular formula is C15H18F2O2S. The van der Waals surface area contributed by atoms with Crippen molar-refractivity contribution in [2.75, 3.05) is 7.11 Å². The number of fused-ring (bicyclic) bond motifs is 2. The lowest BCUT2D eigenvalue weighted by molar-refractivity contribution is 0.00425. The first kappa shape index (κ1) is 14.1. The zero-order valence-corrected chi connectivity index (χ0v) is 12.2. The lowest BCUT2D eigenvalue weighted by Crippen LogP contribution is -2.41. The summed E-state index contributed by atoms with van der Waals surface area (Å²) in [5.41, 5.74) is -1.17. The van der Waals surface area contributed by atoms with Crippen LogP contribution < -0.4 is 4.74 Å². The summed E-state index contributed by atoms with van der Waals surface area (Å²) in [7, 11) is 1.30. The zero-order valence-electron chi connectivity index (χ0n) is 11.4. The molecule has 2 heterocycles. The molecule has 2 unspecified atom stereocenters. The third-order valence-electron chi connectivity index (χ3n) is 4.34. The Labute approximate surface area is 121 Å². The summed E-state index contributed by atoms with van der Waals surface area (Å²) in [6.07, 6.45) is 4.25. The first-order valence-electron chi connectivity index (χ1n) is 6.94. The minimum absolute atomic E-state index is 0.0769. The fourth-order valence-electron chi connectivity index (χ4n) is 3.39. The quantitative estimate of drug-likeness (QED) is 0.905. The van der Waals surface area contributed by atoms with Gasteiger partial charge in [-0.15, -0.1) is 0 Å². The van der Waals surface area contributed by atoms with Crippen LogP contribution in [0.3, 0.4) is 0 Å². The number of thioether (sulfide) groups is 1. The molecule has 2 fully saturated rings. The Bertz CT molecular complexity index is 509. The van der Waals surface area contributed by atoms with Crippen LogP contribution in [0.15, 0.2) is 12.1 Å². The van der Waals surface area contributed by atoms with Gasteiger partial charge in [0.05, 0.1) is 12.7 Å². The lowest BCUT2D eigenvalue weighted by Gasteiger charge is -2.44. The lowest BCUT2D eigenvalue weighted by atomic mass is 9.80. The summed E-state index contributed by atoms with van der Waals surface area (Å²) < 4.78 is 32.9. The molecule has 1 aromatic rings. The average molecular weight is 300 g/mol. The fourth-order valence-corrected chi connectivity index (χ4v) is 5.28. The van der Waals surface area contributed by atoms with Crippen molar-refractivity contribution in [1.82, 2.24) is 0 Å². The predicted octanol–water partition coefficient (Wildman–Crippen LogP) is 3.61. The average Bonchev–Trinajstić information content (AvgIpc) is 2.41. The molecule has 2 aliphatic rings. The van der Waals surface area contributed by atoms with Crippen molar-refractivity contribution in [2.24, 2.45) is 0 Å². The van der Waals surface area contributed by atoms with Gasteiger partial charge in [0, 0.05) is 16.1 Å². The smallest absolute Gasteiger partial charge is 0.200 e. The topological polar surface area (TPSA) is 29.5 Å². The van der Waals surface area contributed by atoms with E-state index in [0.29, 0.717) is 23.3 Å². The summed E-state index contributed by atoms with van der Waals surface area (Å²) in [5.74, 6) is -2.11. The van der Waals surface area contributed by atoms with E-state index in [1.165, 1.54) is 19.2 Å². The molecule has 5 heteroatoms. The predicted molar refractivity (Wildman–Crippen MR) is 75.1 cm³/mol. The largest absolute Gasteiger partial charge is 0.494 e. The molecule has 0 amide bonds. The molecule has 0 radical (unpaired) electrons. The van der Waals surface area contributed by atoms with Gasteiger partial charge >= 0.3 is 0 Å². The number of ether oxygens (including phenoxy) is 1. The van der Waals surface area contributed by atoms with Gasteiger partial charge in [0.1, 0.15) is 0 Å². The van der Waals surface area contributed by atoms with Crippen LogP contribution in [0.4, 0.5) is 8.78 Å².